The Kier molecular flexibility index (Phi) is 3.72. The van der Waals surface area contributed by atoms with Gasteiger partial charge in [0.25, 0.3) is 0 Å². The maximum absolute atomic E-state index is 4.49. The summed E-state index contributed by atoms with van der Waals surface area (Å²) in [5.41, 5.74) is 2.45. The molecule has 4 heteroatoms. The summed E-state index contributed by atoms with van der Waals surface area (Å²) in [4.78, 5) is 12.2. The molecule has 0 aliphatic carbocycles. The average Bonchev–Trinajstić information content (AvgIpc) is 3.05. The molecular weight excluding hydrogens is 272 g/mol. The Morgan fingerprint density at radius 2 is 1.82 bits per heavy atom. The molecule has 116 valence electrons. The summed E-state index contributed by atoms with van der Waals surface area (Å²) < 4.78 is 0. The third-order valence-electron chi connectivity index (χ3n) is 5.18. The molecule has 0 N–H and O–H groups in total. The van der Waals surface area contributed by atoms with Gasteiger partial charge >= 0.3 is 0 Å². The predicted octanol–water partition coefficient (Wildman–Crippen LogP) is 2.06. The van der Waals surface area contributed by atoms with Crippen molar-refractivity contribution in [1.29, 1.82) is 0 Å². The van der Waals surface area contributed by atoms with Crippen LogP contribution in [0.2, 0.25) is 0 Å². The first-order valence-electron chi connectivity index (χ1n) is 8.32. The van der Waals surface area contributed by atoms with Crippen molar-refractivity contribution in [2.75, 3.05) is 51.2 Å². The lowest BCUT2D eigenvalue weighted by molar-refractivity contribution is 0.120. The zero-order valence-corrected chi connectivity index (χ0v) is 13.3. The van der Waals surface area contributed by atoms with E-state index in [-0.39, 0.29) is 0 Å². The fraction of sp³-hybridized carbons (Fsp3) is 0.500. The van der Waals surface area contributed by atoms with Gasteiger partial charge in [-0.05, 0) is 25.6 Å². The molecule has 2 fully saturated rings. The second kappa shape index (κ2) is 5.86. The van der Waals surface area contributed by atoms with Crippen molar-refractivity contribution in [3.8, 4) is 0 Å². The number of benzene rings is 1. The van der Waals surface area contributed by atoms with Crippen molar-refractivity contribution >= 4 is 16.6 Å². The van der Waals surface area contributed by atoms with Gasteiger partial charge in [-0.25, -0.2) is 0 Å². The van der Waals surface area contributed by atoms with Crippen LogP contribution in [0.4, 0.5) is 5.69 Å². The minimum Gasteiger partial charge on any atom is -0.369 e. The van der Waals surface area contributed by atoms with Crippen LogP contribution in [0, 0.1) is 0 Å². The summed E-state index contributed by atoms with van der Waals surface area (Å²) in [7, 11) is 2.22. The number of aromatic nitrogens is 1. The number of fused-ring (bicyclic) bond motifs is 1. The predicted molar refractivity (Wildman–Crippen MR) is 91.4 cm³/mol. The largest absolute Gasteiger partial charge is 0.369 e. The van der Waals surface area contributed by atoms with Gasteiger partial charge in [0, 0.05) is 62.6 Å². The maximum atomic E-state index is 4.49. The van der Waals surface area contributed by atoms with E-state index in [4.69, 9.17) is 0 Å². The first-order valence-corrected chi connectivity index (χ1v) is 8.32. The van der Waals surface area contributed by atoms with Gasteiger partial charge < -0.3 is 9.80 Å². The lowest BCUT2D eigenvalue weighted by Gasteiger charge is -2.36. The fourth-order valence-electron chi connectivity index (χ4n) is 3.80. The molecule has 22 heavy (non-hydrogen) atoms. The van der Waals surface area contributed by atoms with Crippen molar-refractivity contribution in [3.63, 3.8) is 0 Å². The number of hydrogen-bond acceptors (Lipinski definition) is 4. The number of nitrogens with zero attached hydrogens (tertiary/aromatic N) is 4. The first kappa shape index (κ1) is 14.0. The molecule has 3 heterocycles. The molecule has 2 aliphatic heterocycles. The molecule has 0 saturated carbocycles. The van der Waals surface area contributed by atoms with E-state index >= 15 is 0 Å². The highest BCUT2D eigenvalue weighted by Crippen LogP contribution is 2.29. The van der Waals surface area contributed by atoms with Crippen LogP contribution >= 0.6 is 0 Å². The second-order valence-electron chi connectivity index (χ2n) is 6.57. The van der Waals surface area contributed by atoms with Crippen molar-refractivity contribution in [1.82, 2.24) is 14.8 Å². The normalized spacial score (nSPS) is 24.2. The van der Waals surface area contributed by atoms with Gasteiger partial charge in [0.1, 0.15) is 0 Å². The monoisotopic (exact) mass is 296 g/mol. The lowest BCUT2D eigenvalue weighted by Crippen LogP contribution is -2.49. The highest BCUT2D eigenvalue weighted by Gasteiger charge is 2.29. The van der Waals surface area contributed by atoms with E-state index in [0.29, 0.717) is 6.04 Å². The number of anilines is 1. The van der Waals surface area contributed by atoms with Gasteiger partial charge in [0.15, 0.2) is 0 Å². The Morgan fingerprint density at radius 3 is 2.68 bits per heavy atom. The summed E-state index contributed by atoms with van der Waals surface area (Å²) >= 11 is 0. The van der Waals surface area contributed by atoms with Gasteiger partial charge in [0.05, 0.1) is 5.52 Å². The number of para-hydroxylation sites is 1. The van der Waals surface area contributed by atoms with Crippen molar-refractivity contribution in [2.24, 2.45) is 0 Å². The Bertz CT molecular complexity index is 643. The van der Waals surface area contributed by atoms with Gasteiger partial charge in [0.2, 0.25) is 0 Å². The highest BCUT2D eigenvalue weighted by molar-refractivity contribution is 5.91. The van der Waals surface area contributed by atoms with Crippen LogP contribution in [-0.2, 0) is 0 Å². The minimum atomic E-state index is 0.709. The summed E-state index contributed by atoms with van der Waals surface area (Å²) in [5.74, 6) is 0. The summed E-state index contributed by atoms with van der Waals surface area (Å²) in [5, 5.41) is 1.28. The minimum absolute atomic E-state index is 0.709. The Labute approximate surface area is 132 Å². The number of pyridine rings is 1. The fourth-order valence-corrected chi connectivity index (χ4v) is 3.80. The molecule has 2 aliphatic rings. The van der Waals surface area contributed by atoms with Crippen LogP contribution < -0.4 is 4.90 Å². The molecule has 1 atom stereocenters. The number of hydrogen-bond donors (Lipinski definition) is 0. The molecule has 0 spiro atoms. The highest BCUT2D eigenvalue weighted by atomic mass is 15.3. The third-order valence-corrected chi connectivity index (χ3v) is 5.18. The van der Waals surface area contributed by atoms with E-state index in [1.807, 2.05) is 6.20 Å². The van der Waals surface area contributed by atoms with Crippen LogP contribution in [0.3, 0.4) is 0 Å². The Morgan fingerprint density at radius 1 is 1.00 bits per heavy atom. The van der Waals surface area contributed by atoms with E-state index in [1.165, 1.54) is 43.7 Å². The molecule has 0 bridgehead atoms. The van der Waals surface area contributed by atoms with Crippen molar-refractivity contribution in [2.45, 2.75) is 12.5 Å². The molecule has 4 nitrogen and oxygen atoms in total. The van der Waals surface area contributed by atoms with E-state index in [0.717, 1.165) is 18.6 Å². The molecular formula is C18H24N4. The van der Waals surface area contributed by atoms with Crippen LogP contribution in [-0.4, -0.2) is 67.1 Å². The molecule has 1 aromatic heterocycles. The van der Waals surface area contributed by atoms with Gasteiger partial charge in [-0.15, -0.1) is 0 Å². The van der Waals surface area contributed by atoms with E-state index in [2.05, 4.69) is 57.1 Å². The van der Waals surface area contributed by atoms with Gasteiger partial charge in [-0.3, -0.25) is 9.88 Å². The zero-order chi connectivity index (χ0) is 14.9. The summed E-state index contributed by atoms with van der Waals surface area (Å²) in [6.45, 7) is 7.14. The quantitative estimate of drug-likeness (QED) is 0.846. The SMILES string of the molecule is CN1CCN(C2CCN(c3ccnc4ccccc34)C2)CC1. The third kappa shape index (κ3) is 2.57. The molecule has 1 unspecified atom stereocenters. The molecule has 2 aromatic rings. The van der Waals surface area contributed by atoms with E-state index < -0.39 is 0 Å². The van der Waals surface area contributed by atoms with Crippen molar-refractivity contribution < 1.29 is 0 Å². The average molecular weight is 296 g/mol. The Balaban J connectivity index is 1.52. The van der Waals surface area contributed by atoms with Crippen LogP contribution in [0.25, 0.3) is 10.9 Å². The number of rotatable bonds is 2. The van der Waals surface area contributed by atoms with Crippen LogP contribution in [0.15, 0.2) is 36.5 Å². The zero-order valence-electron chi connectivity index (χ0n) is 13.3. The van der Waals surface area contributed by atoms with Crippen molar-refractivity contribution in [3.05, 3.63) is 36.5 Å². The van der Waals surface area contributed by atoms with Crippen LogP contribution in [0.5, 0.6) is 0 Å². The van der Waals surface area contributed by atoms with E-state index in [1.54, 1.807) is 0 Å². The summed E-state index contributed by atoms with van der Waals surface area (Å²) in [6, 6.07) is 11.4. The van der Waals surface area contributed by atoms with Gasteiger partial charge in [-0.1, -0.05) is 18.2 Å². The second-order valence-corrected chi connectivity index (χ2v) is 6.57. The first-order chi connectivity index (χ1) is 10.8. The van der Waals surface area contributed by atoms with E-state index in [9.17, 15) is 0 Å². The number of likely N-dealkylation sites (N-methyl/N-ethyl adjacent to an activating group) is 1. The Hall–Kier alpha value is -1.65. The topological polar surface area (TPSA) is 22.6 Å². The number of piperazine rings is 1. The maximum Gasteiger partial charge on any atom is 0.0722 e. The standard InChI is InChI=1S/C18H24N4/c1-20-10-12-21(13-11-20)15-7-9-22(14-15)18-6-8-19-17-5-3-2-4-16(17)18/h2-6,8,15H,7,9-14H2,1H3. The molecule has 0 radical (unpaired) electrons. The van der Waals surface area contributed by atoms with Gasteiger partial charge in [-0.2, -0.15) is 0 Å². The smallest absolute Gasteiger partial charge is 0.0722 e. The molecule has 2 saturated heterocycles. The molecule has 1 aromatic carbocycles. The lowest BCUT2D eigenvalue weighted by atomic mass is 10.1. The molecule has 0 amide bonds. The van der Waals surface area contributed by atoms with Crippen LogP contribution in [0.1, 0.15) is 6.42 Å². The molecule has 4 rings (SSSR count). The summed E-state index contributed by atoms with van der Waals surface area (Å²) in [6.07, 6.45) is 3.22.